The van der Waals surface area contributed by atoms with E-state index in [4.69, 9.17) is 5.26 Å². The topological polar surface area (TPSA) is 23.8 Å². The predicted octanol–water partition coefficient (Wildman–Crippen LogP) is 3.28. The molecule has 0 radical (unpaired) electrons. The molecule has 0 aromatic heterocycles. The van der Waals surface area contributed by atoms with Gasteiger partial charge in [-0.1, -0.05) is 19.1 Å². The van der Waals surface area contributed by atoms with Crippen molar-refractivity contribution in [2.75, 3.05) is 0 Å². The third-order valence-corrected chi connectivity index (χ3v) is 3.05. The second-order valence-electron chi connectivity index (χ2n) is 3.80. The van der Waals surface area contributed by atoms with E-state index in [-0.39, 0.29) is 0 Å². The Hall–Kier alpha value is -0.770. The van der Waals surface area contributed by atoms with Gasteiger partial charge in [-0.2, -0.15) is 5.26 Å². The third kappa shape index (κ3) is 2.11. The average Bonchev–Trinajstić information content (AvgIpc) is 2.36. The molecule has 0 aliphatic heterocycles. The summed E-state index contributed by atoms with van der Waals surface area (Å²) >= 11 is 0. The van der Waals surface area contributed by atoms with E-state index in [1.54, 1.807) is 0 Å². The van der Waals surface area contributed by atoms with Gasteiger partial charge < -0.3 is 0 Å². The van der Waals surface area contributed by atoms with E-state index in [2.05, 4.69) is 19.6 Å². The van der Waals surface area contributed by atoms with Gasteiger partial charge in [0, 0.05) is 6.42 Å². The summed E-state index contributed by atoms with van der Waals surface area (Å²) in [6, 6.07) is 2.20. The van der Waals surface area contributed by atoms with Gasteiger partial charge in [0.2, 0.25) is 0 Å². The molecule has 0 aromatic rings. The van der Waals surface area contributed by atoms with Crippen LogP contribution in [0, 0.1) is 23.2 Å². The van der Waals surface area contributed by atoms with Crippen molar-refractivity contribution in [2.24, 2.45) is 11.8 Å². The molecule has 0 spiro atoms. The molecular formula is C11H17N. The molecule has 12 heavy (non-hydrogen) atoms. The summed E-state index contributed by atoms with van der Waals surface area (Å²) in [5, 5.41) is 8.39. The van der Waals surface area contributed by atoms with Crippen LogP contribution in [-0.2, 0) is 0 Å². The highest BCUT2D eigenvalue weighted by molar-refractivity contribution is 5.07. The van der Waals surface area contributed by atoms with Crippen molar-refractivity contribution in [3.05, 3.63) is 12.2 Å². The SMILES string of the molecule is C=C1CC[C@H](CCCC#N)[C@H]1C. The smallest absolute Gasteiger partial charge is 0.0621 e. The molecule has 0 saturated heterocycles. The van der Waals surface area contributed by atoms with Crippen LogP contribution in [0.5, 0.6) is 0 Å². The minimum Gasteiger partial charge on any atom is -0.198 e. The first-order chi connectivity index (χ1) is 5.75. The van der Waals surface area contributed by atoms with Crippen LogP contribution in [0.3, 0.4) is 0 Å². The van der Waals surface area contributed by atoms with Gasteiger partial charge in [-0.05, 0) is 37.5 Å². The molecule has 0 amide bonds. The summed E-state index contributed by atoms with van der Waals surface area (Å²) in [5.74, 6) is 1.51. The number of allylic oxidation sites excluding steroid dienone is 1. The van der Waals surface area contributed by atoms with E-state index >= 15 is 0 Å². The van der Waals surface area contributed by atoms with Crippen LogP contribution in [0.2, 0.25) is 0 Å². The van der Waals surface area contributed by atoms with Crippen molar-refractivity contribution in [1.82, 2.24) is 0 Å². The fraction of sp³-hybridized carbons (Fsp3) is 0.727. The molecule has 66 valence electrons. The summed E-state index contributed by atoms with van der Waals surface area (Å²) in [5.41, 5.74) is 1.41. The maximum Gasteiger partial charge on any atom is 0.0621 e. The molecule has 1 saturated carbocycles. The summed E-state index contributed by atoms with van der Waals surface area (Å²) in [6.07, 6.45) is 5.51. The second kappa shape index (κ2) is 4.30. The zero-order valence-electron chi connectivity index (χ0n) is 7.84. The quantitative estimate of drug-likeness (QED) is 0.462. The van der Waals surface area contributed by atoms with Crippen LogP contribution >= 0.6 is 0 Å². The maximum absolute atomic E-state index is 8.39. The molecule has 0 unspecified atom stereocenters. The molecule has 1 nitrogen and oxygen atoms in total. The molecule has 1 aliphatic rings. The predicted molar refractivity (Wildman–Crippen MR) is 50.5 cm³/mol. The Morgan fingerprint density at radius 1 is 1.67 bits per heavy atom. The Balaban J connectivity index is 2.25. The van der Waals surface area contributed by atoms with Gasteiger partial charge in [0.1, 0.15) is 0 Å². The normalized spacial score (nSPS) is 28.8. The number of rotatable bonds is 3. The Bertz CT molecular complexity index is 200. The molecular weight excluding hydrogens is 146 g/mol. The summed E-state index contributed by atoms with van der Waals surface area (Å²) < 4.78 is 0. The summed E-state index contributed by atoms with van der Waals surface area (Å²) in [6.45, 7) is 6.32. The minimum absolute atomic E-state index is 0.698. The van der Waals surface area contributed by atoms with Gasteiger partial charge in [-0.3, -0.25) is 0 Å². The Kier molecular flexibility index (Phi) is 3.34. The van der Waals surface area contributed by atoms with E-state index < -0.39 is 0 Å². The average molecular weight is 163 g/mol. The van der Waals surface area contributed by atoms with Gasteiger partial charge in [0.15, 0.2) is 0 Å². The van der Waals surface area contributed by atoms with Crippen LogP contribution in [0.25, 0.3) is 0 Å². The van der Waals surface area contributed by atoms with E-state index in [1.165, 1.54) is 24.8 Å². The van der Waals surface area contributed by atoms with Gasteiger partial charge in [0.25, 0.3) is 0 Å². The lowest BCUT2D eigenvalue weighted by molar-refractivity contribution is 0.407. The van der Waals surface area contributed by atoms with Crippen LogP contribution in [0.4, 0.5) is 0 Å². The number of unbranched alkanes of at least 4 members (excludes halogenated alkanes) is 1. The van der Waals surface area contributed by atoms with Gasteiger partial charge in [-0.25, -0.2) is 0 Å². The Labute approximate surface area is 75.1 Å². The van der Waals surface area contributed by atoms with Gasteiger partial charge in [0.05, 0.1) is 6.07 Å². The van der Waals surface area contributed by atoms with Crippen molar-refractivity contribution >= 4 is 0 Å². The standard InChI is InChI=1S/C11H17N/c1-9-6-7-11(10(9)2)5-3-4-8-12/h10-11H,1,3-7H2,2H3/t10-,11-/m0/s1. The first-order valence-electron chi connectivity index (χ1n) is 4.80. The van der Waals surface area contributed by atoms with Crippen LogP contribution in [0.1, 0.15) is 39.0 Å². The highest BCUT2D eigenvalue weighted by Crippen LogP contribution is 2.37. The molecule has 0 bridgehead atoms. The zero-order chi connectivity index (χ0) is 8.97. The lowest BCUT2D eigenvalue weighted by atomic mass is 9.91. The molecule has 2 atom stereocenters. The molecule has 1 rings (SSSR count). The van der Waals surface area contributed by atoms with E-state index in [0.29, 0.717) is 5.92 Å². The largest absolute Gasteiger partial charge is 0.198 e. The van der Waals surface area contributed by atoms with Crippen molar-refractivity contribution in [3.8, 4) is 6.07 Å². The van der Waals surface area contributed by atoms with Gasteiger partial charge >= 0.3 is 0 Å². The van der Waals surface area contributed by atoms with Gasteiger partial charge in [-0.15, -0.1) is 0 Å². The van der Waals surface area contributed by atoms with Crippen molar-refractivity contribution < 1.29 is 0 Å². The molecule has 0 N–H and O–H groups in total. The monoisotopic (exact) mass is 163 g/mol. The van der Waals surface area contributed by atoms with Crippen molar-refractivity contribution in [2.45, 2.75) is 39.0 Å². The van der Waals surface area contributed by atoms with E-state index in [0.717, 1.165) is 18.8 Å². The summed E-state index contributed by atoms with van der Waals surface area (Å²) in [7, 11) is 0. The maximum atomic E-state index is 8.39. The first-order valence-corrected chi connectivity index (χ1v) is 4.80. The van der Waals surface area contributed by atoms with Crippen LogP contribution in [0.15, 0.2) is 12.2 Å². The van der Waals surface area contributed by atoms with E-state index in [9.17, 15) is 0 Å². The lowest BCUT2D eigenvalue weighted by Crippen LogP contribution is -2.04. The molecule has 1 heteroatoms. The lowest BCUT2D eigenvalue weighted by Gasteiger charge is -2.14. The number of nitrogens with zero attached hydrogens (tertiary/aromatic N) is 1. The Morgan fingerprint density at radius 2 is 2.42 bits per heavy atom. The van der Waals surface area contributed by atoms with Crippen molar-refractivity contribution in [3.63, 3.8) is 0 Å². The number of hydrogen-bond donors (Lipinski definition) is 0. The molecule has 1 fully saturated rings. The molecule has 1 aliphatic carbocycles. The highest BCUT2D eigenvalue weighted by Gasteiger charge is 2.25. The molecule has 0 aromatic carbocycles. The summed E-state index contributed by atoms with van der Waals surface area (Å²) in [4.78, 5) is 0. The van der Waals surface area contributed by atoms with Crippen molar-refractivity contribution in [1.29, 1.82) is 5.26 Å². The second-order valence-corrected chi connectivity index (χ2v) is 3.80. The number of nitriles is 1. The number of hydrogen-bond acceptors (Lipinski definition) is 1. The Morgan fingerprint density at radius 3 is 2.92 bits per heavy atom. The van der Waals surface area contributed by atoms with Crippen LogP contribution < -0.4 is 0 Å². The third-order valence-electron chi connectivity index (χ3n) is 3.05. The highest BCUT2D eigenvalue weighted by atomic mass is 14.3. The zero-order valence-corrected chi connectivity index (χ0v) is 7.84. The molecule has 0 heterocycles. The fourth-order valence-corrected chi connectivity index (χ4v) is 2.02. The minimum atomic E-state index is 0.698. The van der Waals surface area contributed by atoms with Crippen LogP contribution in [-0.4, -0.2) is 0 Å². The van der Waals surface area contributed by atoms with E-state index in [1.807, 2.05) is 0 Å². The fourth-order valence-electron chi connectivity index (χ4n) is 2.02. The first kappa shape index (κ1) is 9.32.